The van der Waals surface area contributed by atoms with Crippen molar-refractivity contribution >= 4 is 10.9 Å². The number of aryl methyl sites for hydroxylation is 2. The van der Waals surface area contributed by atoms with Crippen molar-refractivity contribution in [2.75, 3.05) is 6.54 Å². The van der Waals surface area contributed by atoms with Crippen LogP contribution in [0.25, 0.3) is 10.9 Å². The van der Waals surface area contributed by atoms with E-state index >= 15 is 0 Å². The van der Waals surface area contributed by atoms with Gasteiger partial charge in [0.1, 0.15) is 5.82 Å². The molecule has 1 unspecified atom stereocenters. The van der Waals surface area contributed by atoms with Crippen molar-refractivity contribution in [1.82, 2.24) is 24.6 Å². The van der Waals surface area contributed by atoms with Gasteiger partial charge in [-0.25, -0.2) is 4.98 Å². The Labute approximate surface area is 146 Å². The minimum atomic E-state index is -0.0603. The maximum Gasteiger partial charge on any atom is 0.258 e. The molecule has 25 heavy (non-hydrogen) atoms. The second-order valence-corrected chi connectivity index (χ2v) is 6.91. The second kappa shape index (κ2) is 6.44. The zero-order valence-electron chi connectivity index (χ0n) is 14.7. The zero-order valence-corrected chi connectivity index (χ0v) is 14.7. The number of aromatic amines is 1. The summed E-state index contributed by atoms with van der Waals surface area (Å²) in [5.74, 6) is 0.740. The Morgan fingerprint density at radius 2 is 2.12 bits per heavy atom. The highest BCUT2D eigenvalue weighted by molar-refractivity contribution is 5.77. The van der Waals surface area contributed by atoms with E-state index in [1.54, 1.807) is 0 Å². The number of H-pyrrole nitrogens is 1. The number of rotatable bonds is 4. The van der Waals surface area contributed by atoms with Gasteiger partial charge >= 0.3 is 0 Å². The number of fused-ring (bicyclic) bond motifs is 1. The van der Waals surface area contributed by atoms with Crippen molar-refractivity contribution in [3.63, 3.8) is 0 Å². The van der Waals surface area contributed by atoms with E-state index in [1.807, 2.05) is 31.2 Å². The van der Waals surface area contributed by atoms with Gasteiger partial charge in [-0.2, -0.15) is 5.10 Å². The van der Waals surface area contributed by atoms with Crippen LogP contribution in [0.3, 0.4) is 0 Å². The number of para-hydroxylation sites is 1. The number of nitrogens with zero attached hydrogens (tertiary/aromatic N) is 4. The third-order valence-corrected chi connectivity index (χ3v) is 5.00. The van der Waals surface area contributed by atoms with Gasteiger partial charge in [-0.1, -0.05) is 12.1 Å². The number of benzene rings is 1. The highest BCUT2D eigenvalue weighted by atomic mass is 16.1. The molecule has 1 aliphatic heterocycles. The van der Waals surface area contributed by atoms with Gasteiger partial charge in [0.15, 0.2) is 0 Å². The molecule has 1 atom stereocenters. The van der Waals surface area contributed by atoms with Gasteiger partial charge in [-0.3, -0.25) is 14.4 Å². The molecular formula is C19H23N5O. The summed E-state index contributed by atoms with van der Waals surface area (Å²) in [6, 6.07) is 10.0. The van der Waals surface area contributed by atoms with Crippen molar-refractivity contribution in [3.8, 4) is 0 Å². The topological polar surface area (TPSA) is 66.8 Å². The number of likely N-dealkylation sites (tertiary alicyclic amines) is 1. The Bertz CT molecular complexity index is 958. The smallest absolute Gasteiger partial charge is 0.258 e. The zero-order chi connectivity index (χ0) is 17.4. The Hall–Kier alpha value is -2.47. The van der Waals surface area contributed by atoms with Crippen molar-refractivity contribution in [3.05, 3.63) is 57.9 Å². The van der Waals surface area contributed by atoms with Crippen molar-refractivity contribution in [2.24, 2.45) is 0 Å². The van der Waals surface area contributed by atoms with Gasteiger partial charge < -0.3 is 4.98 Å². The number of hydrogen-bond donors (Lipinski definition) is 1. The maximum absolute atomic E-state index is 12.3. The largest absolute Gasteiger partial charge is 0.309 e. The molecule has 0 saturated carbocycles. The first-order chi connectivity index (χ1) is 12.1. The summed E-state index contributed by atoms with van der Waals surface area (Å²) >= 11 is 0. The lowest BCUT2D eigenvalue weighted by atomic mass is 10.2. The monoisotopic (exact) mass is 337 g/mol. The molecule has 6 nitrogen and oxygen atoms in total. The quantitative estimate of drug-likeness (QED) is 0.794. The van der Waals surface area contributed by atoms with Crippen LogP contribution in [0.1, 0.15) is 30.1 Å². The van der Waals surface area contributed by atoms with Crippen molar-refractivity contribution < 1.29 is 0 Å². The first-order valence-electron chi connectivity index (χ1n) is 8.83. The Morgan fingerprint density at radius 3 is 2.92 bits per heavy atom. The number of hydrogen-bond acceptors (Lipinski definition) is 4. The van der Waals surface area contributed by atoms with Crippen LogP contribution in [0.5, 0.6) is 0 Å². The second-order valence-electron chi connectivity index (χ2n) is 6.91. The standard InChI is InChI=1S/C19H23N5O/c1-13-10-14(2)24(22-13)11-15-6-5-9-23(15)12-18-20-17-8-4-3-7-16(17)19(25)21-18/h3-4,7-8,10,15H,5-6,9,11-12H2,1-2H3,(H,20,21,25). The van der Waals surface area contributed by atoms with Crippen LogP contribution in [0.15, 0.2) is 35.1 Å². The van der Waals surface area contributed by atoms with Gasteiger partial charge in [0.25, 0.3) is 5.56 Å². The van der Waals surface area contributed by atoms with Crippen LogP contribution in [-0.2, 0) is 13.1 Å². The fourth-order valence-electron chi connectivity index (χ4n) is 3.77. The number of nitrogens with one attached hydrogen (secondary N) is 1. The summed E-state index contributed by atoms with van der Waals surface area (Å²) in [5, 5.41) is 5.23. The minimum absolute atomic E-state index is 0.0603. The molecule has 0 spiro atoms. The third kappa shape index (κ3) is 3.22. The van der Waals surface area contributed by atoms with Gasteiger partial charge in [0.2, 0.25) is 0 Å². The van der Waals surface area contributed by atoms with E-state index in [0.29, 0.717) is 18.0 Å². The Morgan fingerprint density at radius 1 is 1.28 bits per heavy atom. The minimum Gasteiger partial charge on any atom is -0.309 e. The molecular weight excluding hydrogens is 314 g/mol. The van der Waals surface area contributed by atoms with Crippen molar-refractivity contribution in [1.29, 1.82) is 0 Å². The summed E-state index contributed by atoms with van der Waals surface area (Å²) in [5.41, 5.74) is 2.95. The molecule has 1 aliphatic rings. The van der Waals surface area contributed by atoms with E-state index in [1.165, 1.54) is 12.1 Å². The number of aromatic nitrogens is 4. The van der Waals surface area contributed by atoms with Gasteiger partial charge in [0, 0.05) is 11.7 Å². The van der Waals surface area contributed by atoms with Gasteiger partial charge in [-0.15, -0.1) is 0 Å². The van der Waals surface area contributed by atoms with E-state index in [-0.39, 0.29) is 5.56 Å². The average Bonchev–Trinajstić information content (AvgIpc) is 3.14. The molecule has 1 saturated heterocycles. The van der Waals surface area contributed by atoms with Gasteiger partial charge in [0.05, 0.1) is 29.7 Å². The van der Waals surface area contributed by atoms with E-state index in [4.69, 9.17) is 0 Å². The molecule has 3 heterocycles. The Kier molecular flexibility index (Phi) is 4.13. The molecule has 0 bridgehead atoms. The van der Waals surface area contributed by atoms with E-state index in [9.17, 15) is 4.79 Å². The molecule has 0 aliphatic carbocycles. The molecule has 6 heteroatoms. The molecule has 1 N–H and O–H groups in total. The third-order valence-electron chi connectivity index (χ3n) is 5.00. The summed E-state index contributed by atoms with van der Waals surface area (Å²) in [6.45, 7) is 6.71. The molecule has 3 aromatic rings. The van der Waals surface area contributed by atoms with Crippen LogP contribution >= 0.6 is 0 Å². The lowest BCUT2D eigenvalue weighted by Crippen LogP contribution is -2.34. The fraction of sp³-hybridized carbons (Fsp3) is 0.421. The van der Waals surface area contributed by atoms with Crippen LogP contribution in [0.4, 0.5) is 0 Å². The Balaban J connectivity index is 1.55. The fourth-order valence-corrected chi connectivity index (χ4v) is 3.77. The predicted molar refractivity (Wildman–Crippen MR) is 97.5 cm³/mol. The van der Waals surface area contributed by atoms with Crippen LogP contribution in [0, 0.1) is 13.8 Å². The van der Waals surface area contributed by atoms with Crippen molar-refractivity contribution in [2.45, 2.75) is 45.8 Å². The highest BCUT2D eigenvalue weighted by Gasteiger charge is 2.26. The summed E-state index contributed by atoms with van der Waals surface area (Å²) in [4.78, 5) is 22.3. The molecule has 0 amide bonds. The molecule has 130 valence electrons. The molecule has 1 fully saturated rings. The first kappa shape index (κ1) is 16.0. The summed E-state index contributed by atoms with van der Waals surface area (Å²) in [7, 11) is 0. The molecule has 2 aromatic heterocycles. The van der Waals surface area contributed by atoms with Crippen LogP contribution in [0.2, 0.25) is 0 Å². The molecule has 1 aromatic carbocycles. The van der Waals surface area contributed by atoms with Crippen LogP contribution in [-0.4, -0.2) is 37.2 Å². The highest BCUT2D eigenvalue weighted by Crippen LogP contribution is 2.21. The first-order valence-corrected chi connectivity index (χ1v) is 8.83. The van der Waals surface area contributed by atoms with E-state index < -0.39 is 0 Å². The molecule has 0 radical (unpaired) electrons. The summed E-state index contributed by atoms with van der Waals surface area (Å²) < 4.78 is 2.09. The SMILES string of the molecule is Cc1cc(C)n(CC2CCCN2Cc2nc3ccccc3c(=O)[nH]2)n1. The average molecular weight is 337 g/mol. The maximum atomic E-state index is 12.3. The predicted octanol–water partition coefficient (Wildman–Crippen LogP) is 2.40. The lowest BCUT2D eigenvalue weighted by Gasteiger charge is -2.24. The molecule has 4 rings (SSSR count). The normalized spacial score (nSPS) is 18.2. The lowest BCUT2D eigenvalue weighted by molar-refractivity contribution is 0.213. The van der Waals surface area contributed by atoms with Crippen LogP contribution < -0.4 is 5.56 Å². The van der Waals surface area contributed by atoms with E-state index in [2.05, 4.69) is 37.6 Å². The van der Waals surface area contributed by atoms with Gasteiger partial charge in [-0.05, 0) is 51.4 Å². The summed E-state index contributed by atoms with van der Waals surface area (Å²) in [6.07, 6.45) is 2.32. The van der Waals surface area contributed by atoms with E-state index in [0.717, 1.165) is 36.5 Å².